The Morgan fingerprint density at radius 2 is 2.10 bits per heavy atom. The molecular weight excluding hydrogens is 254 g/mol. The summed E-state index contributed by atoms with van der Waals surface area (Å²) in [6.07, 6.45) is 1.18. The Bertz CT molecular complexity index is 356. The molecule has 1 unspecified atom stereocenters. The van der Waals surface area contributed by atoms with Crippen molar-refractivity contribution in [3.05, 3.63) is 48.6 Å². The molecule has 0 aliphatic carbocycles. The lowest BCUT2D eigenvalue weighted by atomic mass is 10.2. The summed E-state index contributed by atoms with van der Waals surface area (Å²) < 4.78 is 10.4. The smallest absolute Gasteiger partial charge is 0.0900 e. The minimum Gasteiger partial charge on any atom is -0.389 e. The number of aliphatic hydroxyl groups is 1. The van der Waals surface area contributed by atoms with Crippen LogP contribution in [-0.2, 0) is 16.0 Å². The minimum absolute atomic E-state index is 0.324. The van der Waals surface area contributed by atoms with Crippen LogP contribution in [0.2, 0.25) is 0 Å². The molecule has 0 saturated heterocycles. The van der Waals surface area contributed by atoms with Crippen molar-refractivity contribution in [2.45, 2.75) is 12.6 Å². The van der Waals surface area contributed by atoms with Crippen LogP contribution < -0.4 is 0 Å². The highest BCUT2D eigenvalue weighted by molar-refractivity contribution is 5.14. The molecule has 0 aliphatic heterocycles. The van der Waals surface area contributed by atoms with Crippen molar-refractivity contribution in [1.29, 1.82) is 0 Å². The third-order valence-corrected chi connectivity index (χ3v) is 2.88. The van der Waals surface area contributed by atoms with Gasteiger partial charge in [-0.25, -0.2) is 0 Å². The van der Waals surface area contributed by atoms with Gasteiger partial charge >= 0.3 is 0 Å². The third kappa shape index (κ3) is 7.40. The predicted molar refractivity (Wildman–Crippen MR) is 80.6 cm³/mol. The first-order valence-corrected chi connectivity index (χ1v) is 6.88. The van der Waals surface area contributed by atoms with Crippen LogP contribution in [0.4, 0.5) is 0 Å². The topological polar surface area (TPSA) is 41.9 Å². The molecule has 0 spiro atoms. The number of hydrogen-bond acceptors (Lipinski definition) is 4. The first kappa shape index (κ1) is 16.9. The van der Waals surface area contributed by atoms with Crippen molar-refractivity contribution in [3.63, 3.8) is 0 Å². The zero-order chi connectivity index (χ0) is 14.6. The molecule has 112 valence electrons. The largest absolute Gasteiger partial charge is 0.389 e. The third-order valence-electron chi connectivity index (χ3n) is 2.88. The average molecular weight is 279 g/mol. The molecule has 0 amide bonds. The number of hydrogen-bond donors (Lipinski definition) is 1. The fourth-order valence-electron chi connectivity index (χ4n) is 1.94. The Balaban J connectivity index is 2.44. The van der Waals surface area contributed by atoms with Gasteiger partial charge < -0.3 is 14.6 Å². The Morgan fingerprint density at radius 1 is 1.35 bits per heavy atom. The van der Waals surface area contributed by atoms with Gasteiger partial charge in [-0.1, -0.05) is 36.4 Å². The summed E-state index contributed by atoms with van der Waals surface area (Å²) in [5.41, 5.74) is 1.22. The summed E-state index contributed by atoms with van der Waals surface area (Å²) in [6.45, 7) is 7.16. The number of methoxy groups -OCH3 is 1. The molecule has 1 rings (SSSR count). The Labute approximate surface area is 121 Å². The van der Waals surface area contributed by atoms with Crippen LogP contribution in [-0.4, -0.2) is 56.1 Å². The second kappa shape index (κ2) is 10.6. The second-order valence-electron chi connectivity index (χ2n) is 4.69. The maximum atomic E-state index is 9.98. The van der Waals surface area contributed by atoms with Crippen molar-refractivity contribution in [2.24, 2.45) is 0 Å². The Hall–Kier alpha value is -1.20. The highest BCUT2D eigenvalue weighted by Crippen LogP contribution is 2.05. The monoisotopic (exact) mass is 279 g/mol. The molecule has 0 aliphatic rings. The lowest BCUT2D eigenvalue weighted by Gasteiger charge is -2.24. The van der Waals surface area contributed by atoms with E-state index in [-0.39, 0.29) is 0 Å². The van der Waals surface area contributed by atoms with E-state index >= 15 is 0 Å². The second-order valence-corrected chi connectivity index (χ2v) is 4.69. The number of rotatable bonds is 11. The molecule has 0 aromatic heterocycles. The molecule has 4 nitrogen and oxygen atoms in total. The van der Waals surface area contributed by atoms with Crippen LogP contribution in [0.15, 0.2) is 43.0 Å². The van der Waals surface area contributed by atoms with E-state index in [4.69, 9.17) is 9.47 Å². The van der Waals surface area contributed by atoms with E-state index in [1.807, 2.05) is 18.2 Å². The quantitative estimate of drug-likeness (QED) is 0.494. The number of benzene rings is 1. The molecule has 0 saturated carbocycles. The highest BCUT2D eigenvalue weighted by Gasteiger charge is 2.12. The van der Waals surface area contributed by atoms with Gasteiger partial charge in [-0.05, 0) is 5.56 Å². The van der Waals surface area contributed by atoms with Gasteiger partial charge in [0.05, 0.1) is 25.9 Å². The normalized spacial score (nSPS) is 12.6. The van der Waals surface area contributed by atoms with E-state index in [0.29, 0.717) is 26.4 Å². The number of ether oxygens (including phenoxy) is 2. The average Bonchev–Trinajstić information content (AvgIpc) is 2.46. The van der Waals surface area contributed by atoms with Crippen LogP contribution in [0.3, 0.4) is 0 Å². The van der Waals surface area contributed by atoms with Gasteiger partial charge in [-0.3, -0.25) is 4.90 Å². The van der Waals surface area contributed by atoms with E-state index in [0.717, 1.165) is 13.1 Å². The van der Waals surface area contributed by atoms with Gasteiger partial charge in [0, 0.05) is 26.7 Å². The summed E-state index contributed by atoms with van der Waals surface area (Å²) in [6, 6.07) is 10.2. The summed E-state index contributed by atoms with van der Waals surface area (Å²) in [5, 5.41) is 9.98. The fraction of sp³-hybridized carbons (Fsp3) is 0.500. The molecule has 0 heterocycles. The predicted octanol–water partition coefficient (Wildman–Crippen LogP) is 1.70. The number of nitrogens with zero attached hydrogens (tertiary/aromatic N) is 1. The zero-order valence-corrected chi connectivity index (χ0v) is 12.2. The molecule has 1 aromatic carbocycles. The van der Waals surface area contributed by atoms with Gasteiger partial charge in [0.1, 0.15) is 0 Å². The lowest BCUT2D eigenvalue weighted by molar-refractivity contribution is 0.0194. The van der Waals surface area contributed by atoms with Crippen LogP contribution in [0.1, 0.15) is 5.56 Å². The molecule has 20 heavy (non-hydrogen) atoms. The van der Waals surface area contributed by atoms with Crippen molar-refractivity contribution in [1.82, 2.24) is 4.90 Å². The SMILES string of the molecule is C=CCOCC(O)CN(CCOC)Cc1ccccc1. The molecule has 1 atom stereocenters. The highest BCUT2D eigenvalue weighted by atomic mass is 16.5. The first-order valence-electron chi connectivity index (χ1n) is 6.88. The minimum atomic E-state index is -0.504. The molecule has 0 fully saturated rings. The van der Waals surface area contributed by atoms with Gasteiger partial charge in [-0.2, -0.15) is 0 Å². The van der Waals surface area contributed by atoms with Crippen LogP contribution in [0.5, 0.6) is 0 Å². The maximum absolute atomic E-state index is 9.98. The van der Waals surface area contributed by atoms with E-state index in [1.165, 1.54) is 5.56 Å². The van der Waals surface area contributed by atoms with Gasteiger partial charge in [0.2, 0.25) is 0 Å². The summed E-state index contributed by atoms with van der Waals surface area (Å²) in [7, 11) is 1.68. The molecule has 4 heteroatoms. The van der Waals surface area contributed by atoms with E-state index < -0.39 is 6.10 Å². The Morgan fingerprint density at radius 3 is 2.75 bits per heavy atom. The summed E-state index contributed by atoms with van der Waals surface area (Å²) in [5.74, 6) is 0. The molecule has 0 radical (unpaired) electrons. The van der Waals surface area contributed by atoms with E-state index in [9.17, 15) is 5.11 Å². The van der Waals surface area contributed by atoms with Crippen molar-refractivity contribution >= 4 is 0 Å². The number of aliphatic hydroxyl groups excluding tert-OH is 1. The summed E-state index contributed by atoms with van der Waals surface area (Å²) in [4.78, 5) is 2.17. The molecule has 0 bridgehead atoms. The fourth-order valence-corrected chi connectivity index (χ4v) is 1.94. The molecule has 1 aromatic rings. The van der Waals surface area contributed by atoms with Crippen LogP contribution in [0, 0.1) is 0 Å². The zero-order valence-electron chi connectivity index (χ0n) is 12.2. The van der Waals surface area contributed by atoms with Crippen molar-refractivity contribution in [2.75, 3.05) is 40.0 Å². The van der Waals surface area contributed by atoms with E-state index in [1.54, 1.807) is 13.2 Å². The summed E-state index contributed by atoms with van der Waals surface area (Å²) >= 11 is 0. The van der Waals surface area contributed by atoms with Crippen molar-refractivity contribution < 1.29 is 14.6 Å². The maximum Gasteiger partial charge on any atom is 0.0900 e. The van der Waals surface area contributed by atoms with Gasteiger partial charge in [-0.15, -0.1) is 6.58 Å². The standard InChI is InChI=1S/C16H25NO3/c1-3-10-20-14-16(18)13-17(9-11-19-2)12-15-7-5-4-6-8-15/h3-8,16,18H,1,9-14H2,2H3. The van der Waals surface area contributed by atoms with E-state index in [2.05, 4.69) is 23.6 Å². The van der Waals surface area contributed by atoms with Gasteiger partial charge in [0.25, 0.3) is 0 Å². The first-order chi connectivity index (χ1) is 9.76. The van der Waals surface area contributed by atoms with Crippen LogP contribution >= 0.6 is 0 Å². The lowest BCUT2D eigenvalue weighted by Crippen LogP contribution is -2.36. The Kier molecular flexibility index (Phi) is 8.91. The van der Waals surface area contributed by atoms with Crippen LogP contribution in [0.25, 0.3) is 0 Å². The molecular formula is C16H25NO3. The van der Waals surface area contributed by atoms with Crippen molar-refractivity contribution in [3.8, 4) is 0 Å². The van der Waals surface area contributed by atoms with Gasteiger partial charge in [0.15, 0.2) is 0 Å². The molecule has 1 N–H and O–H groups in total.